The van der Waals surface area contributed by atoms with Gasteiger partial charge in [0.1, 0.15) is 5.82 Å². The number of ketones is 1. The number of carbonyl (C=O) groups excluding carboxylic acids is 1. The highest BCUT2D eigenvalue weighted by molar-refractivity contribution is 6.04. The van der Waals surface area contributed by atoms with Gasteiger partial charge in [-0.15, -0.1) is 0 Å². The van der Waals surface area contributed by atoms with E-state index in [0.29, 0.717) is 11.3 Å². The minimum absolute atomic E-state index is 0.208. The van der Waals surface area contributed by atoms with Crippen LogP contribution in [0.15, 0.2) is 73.5 Å². The number of benzene rings is 2. The number of hydrogen-bond acceptors (Lipinski definition) is 3. The highest BCUT2D eigenvalue weighted by Gasteiger charge is 2.13. The molecule has 1 aliphatic rings. The van der Waals surface area contributed by atoms with Gasteiger partial charge in [0, 0.05) is 43.3 Å². The van der Waals surface area contributed by atoms with Gasteiger partial charge in [-0.1, -0.05) is 24.3 Å². The summed E-state index contributed by atoms with van der Waals surface area (Å²) >= 11 is 0. The molecular formula is C21H18FN3O. The van der Waals surface area contributed by atoms with Crippen molar-refractivity contribution >= 4 is 5.78 Å². The molecule has 26 heavy (non-hydrogen) atoms. The number of halogens is 1. The summed E-state index contributed by atoms with van der Waals surface area (Å²) in [5, 5.41) is 0. The predicted molar refractivity (Wildman–Crippen MR) is 97.5 cm³/mol. The topological polar surface area (TPSA) is 38.1 Å². The Morgan fingerprint density at radius 2 is 2.00 bits per heavy atom. The third-order valence-corrected chi connectivity index (χ3v) is 4.61. The van der Waals surface area contributed by atoms with E-state index in [0.717, 1.165) is 19.5 Å². The Labute approximate surface area is 151 Å². The number of aromatic nitrogens is 2. The second-order valence-corrected chi connectivity index (χ2v) is 6.31. The molecule has 0 saturated carbocycles. The third kappa shape index (κ3) is 3.28. The van der Waals surface area contributed by atoms with Gasteiger partial charge < -0.3 is 9.47 Å². The second kappa shape index (κ2) is 6.96. The summed E-state index contributed by atoms with van der Waals surface area (Å²) in [5.41, 5.74) is 3.35. The number of hydrogen-bond donors (Lipinski definition) is 0. The van der Waals surface area contributed by atoms with Crippen LogP contribution in [0.3, 0.4) is 0 Å². The largest absolute Gasteiger partial charge is 0.373 e. The maximum Gasteiger partial charge on any atom is 0.187 e. The molecule has 0 fully saturated rings. The molecule has 4 nitrogen and oxygen atoms in total. The van der Waals surface area contributed by atoms with Crippen LogP contribution in [-0.2, 0) is 13.0 Å². The van der Waals surface area contributed by atoms with E-state index in [-0.39, 0.29) is 5.78 Å². The summed E-state index contributed by atoms with van der Waals surface area (Å²) < 4.78 is 15.9. The van der Waals surface area contributed by atoms with E-state index in [4.69, 9.17) is 0 Å². The normalized spacial score (nSPS) is 13.8. The van der Waals surface area contributed by atoms with Crippen LogP contribution in [0.4, 0.5) is 4.39 Å². The van der Waals surface area contributed by atoms with Crippen LogP contribution in [0.25, 0.3) is 5.69 Å². The summed E-state index contributed by atoms with van der Waals surface area (Å²) in [7, 11) is 0. The maximum atomic E-state index is 14.3. The molecule has 0 amide bonds. The van der Waals surface area contributed by atoms with Crippen molar-refractivity contribution in [3.8, 4) is 5.69 Å². The molecule has 130 valence electrons. The molecule has 0 unspecified atom stereocenters. The Morgan fingerprint density at radius 3 is 2.77 bits per heavy atom. The zero-order chi connectivity index (χ0) is 17.9. The van der Waals surface area contributed by atoms with E-state index in [1.54, 1.807) is 35.3 Å². The Bertz CT molecular complexity index is 963. The summed E-state index contributed by atoms with van der Waals surface area (Å²) in [6.07, 6.45) is 9.04. The van der Waals surface area contributed by atoms with Crippen LogP contribution < -0.4 is 0 Å². The van der Waals surface area contributed by atoms with Crippen molar-refractivity contribution in [2.24, 2.45) is 0 Å². The lowest BCUT2D eigenvalue weighted by molar-refractivity contribution is 0.104. The fraction of sp³-hybridized carbons (Fsp3) is 0.143. The van der Waals surface area contributed by atoms with Gasteiger partial charge in [0.15, 0.2) is 5.78 Å². The molecule has 1 aliphatic heterocycles. The van der Waals surface area contributed by atoms with E-state index in [1.807, 2.05) is 6.07 Å². The average Bonchev–Trinajstić information content (AvgIpc) is 3.20. The number of fused-ring (bicyclic) bond motifs is 1. The average molecular weight is 347 g/mol. The lowest BCUT2D eigenvalue weighted by Crippen LogP contribution is -2.25. The van der Waals surface area contributed by atoms with E-state index in [2.05, 4.69) is 28.1 Å². The van der Waals surface area contributed by atoms with Crippen LogP contribution in [-0.4, -0.2) is 26.8 Å². The van der Waals surface area contributed by atoms with Crippen molar-refractivity contribution in [2.45, 2.75) is 13.0 Å². The molecule has 0 aliphatic carbocycles. The van der Waals surface area contributed by atoms with Crippen molar-refractivity contribution < 1.29 is 9.18 Å². The zero-order valence-electron chi connectivity index (χ0n) is 14.2. The third-order valence-electron chi connectivity index (χ3n) is 4.61. The first-order chi connectivity index (χ1) is 12.7. The van der Waals surface area contributed by atoms with Gasteiger partial charge >= 0.3 is 0 Å². The Hall–Kier alpha value is -3.21. The smallest absolute Gasteiger partial charge is 0.187 e. The molecule has 0 atom stereocenters. The van der Waals surface area contributed by atoms with Gasteiger partial charge in [-0.3, -0.25) is 4.79 Å². The van der Waals surface area contributed by atoms with Crippen molar-refractivity contribution in [2.75, 3.05) is 6.54 Å². The second-order valence-electron chi connectivity index (χ2n) is 6.31. The number of allylic oxidation sites excluding steroid dienone is 1. The van der Waals surface area contributed by atoms with Crippen molar-refractivity contribution in [1.82, 2.24) is 14.5 Å². The number of carbonyl (C=O) groups is 1. The first-order valence-corrected chi connectivity index (χ1v) is 8.52. The maximum absolute atomic E-state index is 14.3. The highest BCUT2D eigenvalue weighted by Crippen LogP contribution is 2.19. The molecule has 0 saturated heterocycles. The summed E-state index contributed by atoms with van der Waals surface area (Å²) in [5.74, 6) is -0.658. The molecular weight excluding hydrogens is 329 g/mol. The van der Waals surface area contributed by atoms with Crippen molar-refractivity contribution in [1.29, 1.82) is 0 Å². The summed E-state index contributed by atoms with van der Waals surface area (Å²) in [6.45, 7) is 1.66. The molecule has 0 N–H and O–H groups in total. The number of imidazole rings is 1. The van der Waals surface area contributed by atoms with Crippen molar-refractivity contribution in [3.63, 3.8) is 0 Å². The zero-order valence-corrected chi connectivity index (χ0v) is 14.2. The Balaban J connectivity index is 1.47. The number of nitrogens with zero attached hydrogens (tertiary/aromatic N) is 3. The van der Waals surface area contributed by atoms with Gasteiger partial charge in [-0.05, 0) is 35.7 Å². The lowest BCUT2D eigenvalue weighted by atomic mass is 10.0. The SMILES string of the molecule is O=C(/C=C/N1CCc2ccccc2C1)c1ccc(-n2ccnc2)c(F)c1. The molecule has 5 heteroatoms. The van der Waals surface area contributed by atoms with Crippen LogP contribution in [0.2, 0.25) is 0 Å². The highest BCUT2D eigenvalue weighted by atomic mass is 19.1. The first kappa shape index (κ1) is 16.3. The molecule has 0 spiro atoms. The van der Waals surface area contributed by atoms with E-state index >= 15 is 0 Å². The summed E-state index contributed by atoms with van der Waals surface area (Å²) in [6, 6.07) is 12.8. The van der Waals surface area contributed by atoms with Gasteiger partial charge in [0.05, 0.1) is 12.0 Å². The van der Waals surface area contributed by atoms with Crippen molar-refractivity contribution in [3.05, 3.63) is 96.0 Å². The first-order valence-electron chi connectivity index (χ1n) is 8.52. The van der Waals surface area contributed by atoms with Crippen LogP contribution >= 0.6 is 0 Å². The van der Waals surface area contributed by atoms with Crippen LogP contribution in [0.1, 0.15) is 21.5 Å². The summed E-state index contributed by atoms with van der Waals surface area (Å²) in [4.78, 5) is 18.4. The fourth-order valence-corrected chi connectivity index (χ4v) is 3.19. The molecule has 2 aromatic carbocycles. The molecule has 0 bridgehead atoms. The Kier molecular flexibility index (Phi) is 4.35. The number of rotatable bonds is 4. The molecule has 4 rings (SSSR count). The van der Waals surface area contributed by atoms with Gasteiger partial charge in [-0.2, -0.15) is 0 Å². The quantitative estimate of drug-likeness (QED) is 0.533. The minimum atomic E-state index is -0.450. The fourth-order valence-electron chi connectivity index (χ4n) is 3.19. The van der Waals surface area contributed by atoms with Crippen LogP contribution in [0.5, 0.6) is 0 Å². The van der Waals surface area contributed by atoms with Gasteiger partial charge in [0.25, 0.3) is 0 Å². The standard InChI is InChI=1S/C21H18FN3O/c22-19-13-17(5-6-20(19)25-12-9-23-15-25)21(26)8-11-24-10-7-16-3-1-2-4-18(16)14-24/h1-6,8-9,11-13,15H,7,10,14H2/b11-8+. The molecule has 3 aromatic rings. The lowest BCUT2D eigenvalue weighted by Gasteiger charge is -2.27. The molecule has 1 aromatic heterocycles. The molecule has 0 radical (unpaired) electrons. The minimum Gasteiger partial charge on any atom is -0.373 e. The van der Waals surface area contributed by atoms with E-state index in [9.17, 15) is 9.18 Å². The van der Waals surface area contributed by atoms with Crippen LogP contribution in [0, 0.1) is 5.82 Å². The molecule has 2 heterocycles. The van der Waals surface area contributed by atoms with E-state index < -0.39 is 5.82 Å². The van der Waals surface area contributed by atoms with E-state index in [1.165, 1.54) is 29.6 Å². The van der Waals surface area contributed by atoms with Gasteiger partial charge in [0.2, 0.25) is 0 Å². The monoisotopic (exact) mass is 347 g/mol. The van der Waals surface area contributed by atoms with Gasteiger partial charge in [-0.25, -0.2) is 9.37 Å². The Morgan fingerprint density at radius 1 is 1.15 bits per heavy atom. The predicted octanol–water partition coefficient (Wildman–Crippen LogP) is 3.77.